The third-order valence-electron chi connectivity index (χ3n) is 2.56. The number of hydrogen-bond donors (Lipinski definition) is 2. The number of aromatic hydroxyl groups is 1. The van der Waals surface area contributed by atoms with Gasteiger partial charge in [0.2, 0.25) is 0 Å². The van der Waals surface area contributed by atoms with Crippen LogP contribution in [0.15, 0.2) is 41.5 Å². The number of phenols is 1. The first-order valence-corrected chi connectivity index (χ1v) is 5.62. The van der Waals surface area contributed by atoms with E-state index in [0.717, 1.165) is 10.8 Å². The molecule has 0 atom stereocenters. The van der Waals surface area contributed by atoms with E-state index in [1.807, 2.05) is 24.3 Å². The first-order chi connectivity index (χ1) is 9.22. The van der Waals surface area contributed by atoms with Crippen LogP contribution in [0.2, 0.25) is 0 Å². The number of hydrogen-bond acceptors (Lipinski definition) is 4. The fraction of sp³-hybridized carbons (Fsp3) is 0.0714. The molecule has 0 aliphatic heterocycles. The molecule has 0 bridgehead atoms. The molecule has 0 unspecified atom stereocenters. The summed E-state index contributed by atoms with van der Waals surface area (Å²) in [4.78, 5) is 11.0. The van der Waals surface area contributed by atoms with Crippen molar-refractivity contribution in [2.24, 2.45) is 5.10 Å². The maximum Gasteiger partial charge on any atom is 0.254 e. The summed E-state index contributed by atoms with van der Waals surface area (Å²) < 4.78 is 0. The lowest BCUT2D eigenvalue weighted by molar-refractivity contribution is -0.120. The van der Waals surface area contributed by atoms with E-state index in [2.05, 4.69) is 10.5 Å². The van der Waals surface area contributed by atoms with E-state index in [-0.39, 0.29) is 12.2 Å². The number of nitriles is 1. The van der Waals surface area contributed by atoms with Crippen LogP contribution in [0.4, 0.5) is 0 Å². The number of benzene rings is 2. The quantitative estimate of drug-likeness (QED) is 0.647. The highest BCUT2D eigenvalue weighted by Gasteiger charge is 2.04. The van der Waals surface area contributed by atoms with Gasteiger partial charge in [0.05, 0.1) is 12.3 Å². The summed E-state index contributed by atoms with van der Waals surface area (Å²) >= 11 is 0. The topological polar surface area (TPSA) is 85.5 Å². The lowest BCUT2D eigenvalue weighted by Gasteiger charge is -2.03. The molecule has 0 aliphatic rings. The predicted octanol–water partition coefficient (Wildman–Crippen LogP) is 1.91. The molecule has 5 heteroatoms. The van der Waals surface area contributed by atoms with Crippen LogP contribution in [0.25, 0.3) is 10.8 Å². The highest BCUT2D eigenvalue weighted by atomic mass is 16.3. The van der Waals surface area contributed by atoms with Crippen LogP contribution in [0, 0.1) is 11.3 Å². The van der Waals surface area contributed by atoms with Crippen LogP contribution >= 0.6 is 0 Å². The molecule has 0 aliphatic carbocycles. The van der Waals surface area contributed by atoms with Gasteiger partial charge in [-0.2, -0.15) is 10.4 Å². The molecule has 0 heterocycles. The van der Waals surface area contributed by atoms with Gasteiger partial charge in [-0.1, -0.05) is 30.3 Å². The molecular weight excluding hydrogens is 242 g/mol. The molecular formula is C14H11N3O2. The number of amides is 1. The van der Waals surface area contributed by atoms with Crippen LogP contribution in [0.1, 0.15) is 12.0 Å². The molecule has 0 fully saturated rings. The van der Waals surface area contributed by atoms with E-state index in [0.29, 0.717) is 5.56 Å². The lowest BCUT2D eigenvalue weighted by atomic mass is 10.1. The molecule has 0 aromatic heterocycles. The van der Waals surface area contributed by atoms with Crippen molar-refractivity contribution in [3.05, 3.63) is 42.0 Å². The molecule has 5 nitrogen and oxygen atoms in total. The van der Waals surface area contributed by atoms with Crippen molar-refractivity contribution in [1.29, 1.82) is 5.26 Å². The van der Waals surface area contributed by atoms with Gasteiger partial charge in [-0.05, 0) is 11.5 Å². The van der Waals surface area contributed by atoms with E-state index in [1.165, 1.54) is 6.21 Å². The summed E-state index contributed by atoms with van der Waals surface area (Å²) in [7, 11) is 0. The van der Waals surface area contributed by atoms with E-state index in [1.54, 1.807) is 18.2 Å². The van der Waals surface area contributed by atoms with Crippen LogP contribution in [0.3, 0.4) is 0 Å². The number of fused-ring (bicyclic) bond motifs is 1. The molecule has 2 aromatic rings. The summed E-state index contributed by atoms with van der Waals surface area (Å²) in [6.07, 6.45) is 1.10. The highest BCUT2D eigenvalue weighted by Crippen LogP contribution is 2.27. The number of carbonyl (C=O) groups excluding carboxylic acids is 1. The Balaban J connectivity index is 2.22. The van der Waals surface area contributed by atoms with Gasteiger partial charge in [0.1, 0.15) is 12.2 Å². The van der Waals surface area contributed by atoms with Gasteiger partial charge in [-0.3, -0.25) is 4.79 Å². The zero-order valence-electron chi connectivity index (χ0n) is 10.00. The SMILES string of the molecule is N#CCC(=O)N/N=C\c1ccc2ccccc2c1O. The van der Waals surface area contributed by atoms with Gasteiger partial charge in [0.25, 0.3) is 5.91 Å². The van der Waals surface area contributed by atoms with Gasteiger partial charge >= 0.3 is 0 Å². The molecule has 0 radical (unpaired) electrons. The smallest absolute Gasteiger partial charge is 0.254 e. The normalized spacial score (nSPS) is 10.5. The Morgan fingerprint density at radius 2 is 2.16 bits per heavy atom. The third-order valence-corrected chi connectivity index (χ3v) is 2.56. The van der Waals surface area contributed by atoms with Crippen molar-refractivity contribution < 1.29 is 9.90 Å². The predicted molar refractivity (Wildman–Crippen MR) is 71.6 cm³/mol. The first kappa shape index (κ1) is 12.6. The van der Waals surface area contributed by atoms with Crippen molar-refractivity contribution in [3.63, 3.8) is 0 Å². The van der Waals surface area contributed by atoms with E-state index in [4.69, 9.17) is 5.26 Å². The molecule has 2 aromatic carbocycles. The second kappa shape index (κ2) is 5.65. The van der Waals surface area contributed by atoms with Gasteiger partial charge in [-0.15, -0.1) is 0 Å². The second-order valence-electron chi connectivity index (χ2n) is 3.85. The van der Waals surface area contributed by atoms with Crippen LogP contribution in [0.5, 0.6) is 5.75 Å². The summed E-state index contributed by atoms with van der Waals surface area (Å²) in [6, 6.07) is 12.7. The van der Waals surface area contributed by atoms with Crippen molar-refractivity contribution in [3.8, 4) is 11.8 Å². The zero-order valence-corrected chi connectivity index (χ0v) is 10.00. The van der Waals surface area contributed by atoms with Gasteiger partial charge in [-0.25, -0.2) is 5.43 Å². The van der Waals surface area contributed by atoms with Crippen LogP contribution in [-0.2, 0) is 4.79 Å². The number of hydrazone groups is 1. The average Bonchev–Trinajstić information content (AvgIpc) is 2.42. The minimum atomic E-state index is -0.487. The standard InChI is InChI=1S/C14H11N3O2/c15-8-7-13(18)17-16-9-11-6-5-10-3-1-2-4-12(10)14(11)19/h1-6,9,19H,7H2,(H,17,18)/b16-9-. The molecule has 1 amide bonds. The molecule has 19 heavy (non-hydrogen) atoms. The molecule has 94 valence electrons. The number of carbonyl (C=O) groups is 1. The molecule has 2 N–H and O–H groups in total. The maximum absolute atomic E-state index is 11.0. The Labute approximate surface area is 109 Å². The highest BCUT2D eigenvalue weighted by molar-refractivity contribution is 5.97. The molecule has 0 saturated carbocycles. The number of nitrogens with one attached hydrogen (secondary N) is 1. The van der Waals surface area contributed by atoms with Gasteiger partial charge < -0.3 is 5.11 Å². The number of nitrogens with zero attached hydrogens (tertiary/aromatic N) is 2. The van der Waals surface area contributed by atoms with Gasteiger partial charge in [0.15, 0.2) is 0 Å². The molecule has 2 rings (SSSR count). The first-order valence-electron chi connectivity index (χ1n) is 5.62. The van der Waals surface area contributed by atoms with Crippen molar-refractivity contribution >= 4 is 22.9 Å². The summed E-state index contributed by atoms with van der Waals surface area (Å²) in [5.41, 5.74) is 2.70. The summed E-state index contributed by atoms with van der Waals surface area (Å²) in [5.74, 6) is -0.379. The summed E-state index contributed by atoms with van der Waals surface area (Å²) in [5, 5.41) is 23.7. The Hall–Kier alpha value is -2.87. The minimum absolute atomic E-state index is 0.108. The van der Waals surface area contributed by atoms with Crippen molar-refractivity contribution in [2.45, 2.75) is 6.42 Å². The summed E-state index contributed by atoms with van der Waals surface area (Å²) in [6.45, 7) is 0. The molecule has 0 saturated heterocycles. The number of phenolic OH excluding ortho intramolecular Hbond substituents is 1. The Morgan fingerprint density at radius 1 is 1.37 bits per heavy atom. The average molecular weight is 253 g/mol. The second-order valence-corrected chi connectivity index (χ2v) is 3.85. The fourth-order valence-electron chi connectivity index (χ4n) is 1.66. The van der Waals surface area contributed by atoms with Crippen LogP contribution in [-0.4, -0.2) is 17.2 Å². The van der Waals surface area contributed by atoms with E-state index in [9.17, 15) is 9.90 Å². The Kier molecular flexibility index (Phi) is 3.74. The van der Waals surface area contributed by atoms with E-state index >= 15 is 0 Å². The van der Waals surface area contributed by atoms with Gasteiger partial charge in [0, 0.05) is 10.9 Å². The minimum Gasteiger partial charge on any atom is -0.507 e. The van der Waals surface area contributed by atoms with E-state index < -0.39 is 5.91 Å². The molecule has 0 spiro atoms. The fourth-order valence-corrected chi connectivity index (χ4v) is 1.66. The lowest BCUT2D eigenvalue weighted by Crippen LogP contribution is -2.16. The monoisotopic (exact) mass is 253 g/mol. The third kappa shape index (κ3) is 2.87. The zero-order chi connectivity index (χ0) is 13.7. The van der Waals surface area contributed by atoms with Crippen LogP contribution < -0.4 is 5.43 Å². The maximum atomic E-state index is 11.0. The number of rotatable bonds is 3. The largest absolute Gasteiger partial charge is 0.507 e. The Bertz CT molecular complexity index is 687. The Morgan fingerprint density at radius 3 is 2.95 bits per heavy atom. The van der Waals surface area contributed by atoms with Crippen molar-refractivity contribution in [1.82, 2.24) is 5.43 Å². The van der Waals surface area contributed by atoms with Crippen molar-refractivity contribution in [2.75, 3.05) is 0 Å².